The molecule has 14 N–H and O–H groups in total. The van der Waals surface area contributed by atoms with E-state index in [4.69, 9.17) is 28.7 Å². The van der Waals surface area contributed by atoms with E-state index in [2.05, 4.69) is 20.9 Å². The maximum Gasteiger partial charge on any atom is 0.243 e. The number of primary amides is 2. The zero-order chi connectivity index (χ0) is 28.0. The second-order valence-electron chi connectivity index (χ2n) is 8.18. The number of aliphatic hydroxyl groups is 1. The first-order valence-corrected chi connectivity index (χ1v) is 11.4. The number of nitrogens with one attached hydrogen (secondary N) is 3. The molecule has 0 radical (unpaired) electrons. The molecule has 204 valence electrons. The summed E-state index contributed by atoms with van der Waals surface area (Å²) >= 11 is 0. The fraction of sp³-hybridized carbons (Fsp3) is 0.455. The van der Waals surface area contributed by atoms with E-state index < -0.39 is 66.7 Å². The molecule has 0 bridgehead atoms. The Morgan fingerprint density at radius 1 is 0.838 bits per heavy atom. The average Bonchev–Trinajstić information content (AvgIpc) is 2.84. The lowest BCUT2D eigenvalue weighted by Gasteiger charge is -2.25. The van der Waals surface area contributed by atoms with Crippen molar-refractivity contribution in [2.45, 2.75) is 49.9 Å². The highest BCUT2D eigenvalue weighted by Crippen LogP contribution is 2.07. The van der Waals surface area contributed by atoms with E-state index in [1.165, 1.54) is 0 Å². The Morgan fingerprint density at radius 3 is 1.95 bits per heavy atom. The van der Waals surface area contributed by atoms with E-state index >= 15 is 0 Å². The highest BCUT2D eigenvalue weighted by Gasteiger charge is 2.30. The largest absolute Gasteiger partial charge is 0.394 e. The topological polar surface area (TPSA) is 284 Å². The summed E-state index contributed by atoms with van der Waals surface area (Å²) in [6.07, 6.45) is -0.219. The first-order valence-electron chi connectivity index (χ1n) is 11.4. The summed E-state index contributed by atoms with van der Waals surface area (Å²) < 4.78 is 0. The number of aliphatic hydroxyl groups excluding tert-OH is 1. The van der Waals surface area contributed by atoms with Gasteiger partial charge >= 0.3 is 0 Å². The molecule has 0 aliphatic rings. The second-order valence-corrected chi connectivity index (χ2v) is 8.18. The van der Waals surface area contributed by atoms with Gasteiger partial charge in [0, 0.05) is 13.0 Å². The number of amides is 5. The molecule has 0 aromatic heterocycles. The van der Waals surface area contributed by atoms with Crippen LogP contribution in [-0.4, -0.2) is 77.9 Å². The van der Waals surface area contributed by atoms with E-state index in [-0.39, 0.29) is 31.8 Å². The van der Waals surface area contributed by atoms with Gasteiger partial charge in [-0.15, -0.1) is 0 Å². The van der Waals surface area contributed by atoms with Gasteiger partial charge in [-0.05, 0) is 18.4 Å². The van der Waals surface area contributed by atoms with Crippen molar-refractivity contribution in [2.75, 3.05) is 13.2 Å². The van der Waals surface area contributed by atoms with E-state index in [1.807, 2.05) is 0 Å². The average molecular weight is 522 g/mol. The first kappa shape index (κ1) is 30.8. The first-order chi connectivity index (χ1) is 17.4. The Labute approximate surface area is 213 Å². The van der Waals surface area contributed by atoms with Crippen molar-refractivity contribution in [3.63, 3.8) is 0 Å². The van der Waals surface area contributed by atoms with Gasteiger partial charge in [-0.25, -0.2) is 0 Å². The zero-order valence-corrected chi connectivity index (χ0v) is 20.3. The Morgan fingerprint density at radius 2 is 1.41 bits per heavy atom. The number of aliphatic imine (C=N–C) groups is 1. The van der Waals surface area contributed by atoms with Crippen molar-refractivity contribution < 1.29 is 29.1 Å². The van der Waals surface area contributed by atoms with Crippen LogP contribution in [0.1, 0.15) is 24.8 Å². The maximum atomic E-state index is 13.2. The molecule has 1 aromatic rings. The number of carbonyl (C=O) groups is 5. The van der Waals surface area contributed by atoms with Crippen LogP contribution in [0.4, 0.5) is 0 Å². The Kier molecular flexibility index (Phi) is 13.1. The number of benzene rings is 1. The second kappa shape index (κ2) is 15.7. The van der Waals surface area contributed by atoms with Gasteiger partial charge in [-0.2, -0.15) is 0 Å². The molecule has 1 aromatic carbocycles. The van der Waals surface area contributed by atoms with Gasteiger partial charge in [-0.1, -0.05) is 30.3 Å². The Bertz CT molecular complexity index is 969. The number of nitrogens with zero attached hydrogens (tertiary/aromatic N) is 1. The fourth-order valence-electron chi connectivity index (χ4n) is 3.16. The molecule has 15 nitrogen and oxygen atoms in total. The van der Waals surface area contributed by atoms with Crippen LogP contribution in [0.25, 0.3) is 0 Å². The summed E-state index contributed by atoms with van der Waals surface area (Å²) in [4.78, 5) is 65.2. The van der Waals surface area contributed by atoms with Crippen LogP contribution in [0, 0.1) is 0 Å². The smallest absolute Gasteiger partial charge is 0.243 e. The molecule has 0 saturated carbocycles. The van der Waals surface area contributed by atoms with Crippen molar-refractivity contribution in [1.29, 1.82) is 0 Å². The molecule has 15 heteroatoms. The van der Waals surface area contributed by atoms with Gasteiger partial charge < -0.3 is 49.7 Å². The lowest BCUT2D eigenvalue weighted by Crippen LogP contribution is -2.58. The number of hydrogen-bond donors (Lipinski definition) is 9. The minimum Gasteiger partial charge on any atom is -0.394 e. The highest BCUT2D eigenvalue weighted by molar-refractivity contribution is 5.95. The molecule has 0 fully saturated rings. The summed E-state index contributed by atoms with van der Waals surface area (Å²) in [5.74, 6) is -4.36. The monoisotopic (exact) mass is 521 g/mol. The van der Waals surface area contributed by atoms with Crippen LogP contribution in [0.5, 0.6) is 0 Å². The summed E-state index contributed by atoms with van der Waals surface area (Å²) in [5, 5.41) is 16.5. The fourth-order valence-corrected chi connectivity index (χ4v) is 3.16. The molecule has 37 heavy (non-hydrogen) atoms. The molecule has 4 atom stereocenters. The lowest BCUT2D eigenvalue weighted by molar-refractivity contribution is -0.134. The molecule has 0 spiro atoms. The van der Waals surface area contributed by atoms with Crippen molar-refractivity contribution in [3.8, 4) is 0 Å². The summed E-state index contributed by atoms with van der Waals surface area (Å²) in [6, 6.07) is 3.67. The van der Waals surface area contributed by atoms with Gasteiger partial charge in [0.25, 0.3) is 0 Å². The summed E-state index contributed by atoms with van der Waals surface area (Å²) in [5.41, 5.74) is 27.2. The zero-order valence-electron chi connectivity index (χ0n) is 20.3. The van der Waals surface area contributed by atoms with Crippen LogP contribution < -0.4 is 44.6 Å². The molecule has 0 heterocycles. The Balaban J connectivity index is 3.13. The SMILES string of the molecule is NC(=O)CC(NC(=O)C(CCCN=C(N)N)NC(=O)C(Cc1ccccc1)NC(=O)C(N)CO)C(N)=O. The third-order valence-electron chi connectivity index (χ3n) is 5.09. The molecule has 1 rings (SSSR count). The third-order valence-corrected chi connectivity index (χ3v) is 5.09. The molecule has 5 amide bonds. The normalized spacial score (nSPS) is 13.8. The van der Waals surface area contributed by atoms with E-state index in [9.17, 15) is 29.1 Å². The Hall–Kier alpha value is -4.24. The number of rotatable bonds is 16. The number of nitrogens with two attached hydrogens (primary N) is 5. The molecular formula is C22H35N9O6. The van der Waals surface area contributed by atoms with Crippen LogP contribution in [0.15, 0.2) is 35.3 Å². The summed E-state index contributed by atoms with van der Waals surface area (Å²) in [6.45, 7) is -0.506. The van der Waals surface area contributed by atoms with Gasteiger partial charge in [-0.3, -0.25) is 29.0 Å². The van der Waals surface area contributed by atoms with Crippen LogP contribution in [0.2, 0.25) is 0 Å². The van der Waals surface area contributed by atoms with Crippen molar-refractivity contribution >= 4 is 35.5 Å². The van der Waals surface area contributed by atoms with E-state index in [1.54, 1.807) is 30.3 Å². The van der Waals surface area contributed by atoms with Gasteiger partial charge in [0.1, 0.15) is 24.2 Å². The number of hydrogen-bond acceptors (Lipinski definition) is 8. The van der Waals surface area contributed by atoms with Gasteiger partial charge in [0.2, 0.25) is 29.5 Å². The number of carbonyl (C=O) groups excluding carboxylic acids is 5. The van der Waals surface area contributed by atoms with Crippen molar-refractivity contribution in [2.24, 2.45) is 33.7 Å². The molecular weight excluding hydrogens is 486 g/mol. The summed E-state index contributed by atoms with van der Waals surface area (Å²) in [7, 11) is 0. The van der Waals surface area contributed by atoms with Crippen LogP contribution >= 0.6 is 0 Å². The van der Waals surface area contributed by atoms with Crippen molar-refractivity contribution in [3.05, 3.63) is 35.9 Å². The lowest BCUT2D eigenvalue weighted by atomic mass is 10.0. The molecule has 0 aliphatic heterocycles. The van der Waals surface area contributed by atoms with E-state index in [0.717, 1.165) is 0 Å². The quantitative estimate of drug-likeness (QED) is 0.0574. The maximum absolute atomic E-state index is 13.2. The highest BCUT2D eigenvalue weighted by atomic mass is 16.3. The minimum absolute atomic E-state index is 0.0264. The van der Waals surface area contributed by atoms with Gasteiger partial charge in [0.15, 0.2) is 5.96 Å². The number of guanidine groups is 1. The third kappa shape index (κ3) is 11.8. The predicted octanol–water partition coefficient (Wildman–Crippen LogP) is -4.58. The minimum atomic E-state index is -1.40. The predicted molar refractivity (Wildman–Crippen MR) is 134 cm³/mol. The van der Waals surface area contributed by atoms with Crippen LogP contribution in [-0.2, 0) is 30.4 Å². The standard InChI is InChI=1S/C22H35N9O6/c23-13(11-32)19(35)31-16(9-12-5-2-1-3-6-12)21(37)29-14(7-4-8-28-22(26)27)20(36)30-15(18(25)34)10-17(24)33/h1-3,5-6,13-16,32H,4,7-11,23H2,(H2,24,33)(H2,25,34)(H,29,37)(H,30,36)(H,31,35)(H4,26,27,28). The molecule has 0 aliphatic carbocycles. The van der Waals surface area contributed by atoms with Gasteiger partial charge in [0.05, 0.1) is 13.0 Å². The van der Waals surface area contributed by atoms with Crippen LogP contribution in [0.3, 0.4) is 0 Å². The van der Waals surface area contributed by atoms with Crippen molar-refractivity contribution in [1.82, 2.24) is 16.0 Å². The molecule has 4 unspecified atom stereocenters. The molecule has 0 saturated heterocycles. The van der Waals surface area contributed by atoms with E-state index in [0.29, 0.717) is 5.56 Å².